The first-order valence-corrected chi connectivity index (χ1v) is 7.91. The van der Waals surface area contributed by atoms with E-state index in [0.29, 0.717) is 19.5 Å². The van der Waals surface area contributed by atoms with Crippen molar-refractivity contribution in [1.82, 2.24) is 10.2 Å². The fourth-order valence-corrected chi connectivity index (χ4v) is 3.14. The van der Waals surface area contributed by atoms with Crippen molar-refractivity contribution in [3.63, 3.8) is 0 Å². The summed E-state index contributed by atoms with van der Waals surface area (Å²) in [6.45, 7) is 6.16. The van der Waals surface area contributed by atoms with Crippen molar-refractivity contribution >= 4 is 0 Å². The topological polar surface area (TPSA) is 15.3 Å². The zero-order valence-electron chi connectivity index (χ0n) is 13.2. The highest BCUT2D eigenvalue weighted by molar-refractivity contribution is 5.14. The summed E-state index contributed by atoms with van der Waals surface area (Å²) in [4.78, 5) is 2.16. The third-order valence-corrected chi connectivity index (χ3v) is 4.25. The molecule has 1 saturated heterocycles. The van der Waals surface area contributed by atoms with Crippen LogP contribution in [0.1, 0.15) is 32.3 Å². The van der Waals surface area contributed by atoms with Gasteiger partial charge in [0.2, 0.25) is 0 Å². The summed E-state index contributed by atoms with van der Waals surface area (Å²) in [5, 5.41) is 3.43. The second-order valence-electron chi connectivity index (χ2n) is 6.53. The molecule has 1 fully saturated rings. The van der Waals surface area contributed by atoms with Gasteiger partial charge in [0.25, 0.3) is 0 Å². The predicted octanol–water partition coefficient (Wildman–Crippen LogP) is 3.83. The molecule has 2 atom stereocenters. The van der Waals surface area contributed by atoms with Gasteiger partial charge in [-0.15, -0.1) is 0 Å². The van der Waals surface area contributed by atoms with Crippen molar-refractivity contribution in [1.29, 1.82) is 0 Å². The molecule has 124 valence electrons. The Hall–Kier alpha value is -1.07. The molecule has 2 rings (SSSR count). The lowest BCUT2D eigenvalue weighted by molar-refractivity contribution is -0.149. The van der Waals surface area contributed by atoms with Gasteiger partial charge in [-0.1, -0.05) is 30.3 Å². The first-order valence-electron chi connectivity index (χ1n) is 7.91. The molecule has 2 nitrogen and oxygen atoms in total. The van der Waals surface area contributed by atoms with Gasteiger partial charge in [-0.3, -0.25) is 4.90 Å². The zero-order valence-corrected chi connectivity index (χ0v) is 13.2. The molecule has 1 aromatic rings. The monoisotopic (exact) mass is 314 g/mol. The van der Waals surface area contributed by atoms with Gasteiger partial charge in [0.1, 0.15) is 0 Å². The van der Waals surface area contributed by atoms with E-state index in [1.54, 1.807) is 0 Å². The average Bonchev–Trinajstić information content (AvgIpc) is 2.44. The van der Waals surface area contributed by atoms with Crippen LogP contribution >= 0.6 is 0 Å². The third-order valence-electron chi connectivity index (χ3n) is 4.25. The van der Waals surface area contributed by atoms with Gasteiger partial charge in [0.05, 0.1) is 0 Å². The van der Waals surface area contributed by atoms with Crippen molar-refractivity contribution in [2.75, 3.05) is 13.1 Å². The fourth-order valence-electron chi connectivity index (χ4n) is 3.14. The zero-order chi connectivity index (χ0) is 16.2. The van der Waals surface area contributed by atoms with Gasteiger partial charge >= 0.3 is 6.18 Å². The van der Waals surface area contributed by atoms with E-state index in [1.165, 1.54) is 0 Å². The largest absolute Gasteiger partial charge is 0.389 e. The second-order valence-corrected chi connectivity index (χ2v) is 6.53. The third kappa shape index (κ3) is 5.61. The molecule has 0 saturated carbocycles. The SMILES string of the molecule is CC(C)N1CC(CC(F)(F)F)CC(NCc2ccccc2)C1. The Morgan fingerprint density at radius 1 is 1.18 bits per heavy atom. The van der Waals surface area contributed by atoms with E-state index in [1.807, 2.05) is 44.2 Å². The highest BCUT2D eigenvalue weighted by Crippen LogP contribution is 2.31. The van der Waals surface area contributed by atoms with Gasteiger partial charge in [-0.2, -0.15) is 13.2 Å². The van der Waals surface area contributed by atoms with Crippen LogP contribution in [0.25, 0.3) is 0 Å². The molecule has 0 aliphatic carbocycles. The Morgan fingerprint density at radius 2 is 1.86 bits per heavy atom. The summed E-state index contributed by atoms with van der Waals surface area (Å²) in [5.41, 5.74) is 1.16. The number of piperidine rings is 1. The van der Waals surface area contributed by atoms with Crippen molar-refractivity contribution < 1.29 is 13.2 Å². The standard InChI is InChI=1S/C17H25F3N2/c1-13(2)22-11-15(9-17(18,19)20)8-16(12-22)21-10-14-6-4-3-5-7-14/h3-7,13,15-16,21H,8-12H2,1-2H3. The molecule has 0 bridgehead atoms. The van der Waals surface area contributed by atoms with Crippen molar-refractivity contribution in [2.45, 2.75) is 51.5 Å². The lowest BCUT2D eigenvalue weighted by Crippen LogP contribution is -2.51. The summed E-state index contributed by atoms with van der Waals surface area (Å²) in [6, 6.07) is 10.4. The van der Waals surface area contributed by atoms with Crippen molar-refractivity contribution in [3.8, 4) is 0 Å². The van der Waals surface area contributed by atoms with Crippen LogP contribution in [-0.2, 0) is 6.54 Å². The van der Waals surface area contributed by atoms with E-state index in [0.717, 1.165) is 12.1 Å². The minimum atomic E-state index is -4.07. The molecule has 22 heavy (non-hydrogen) atoms. The average molecular weight is 314 g/mol. The van der Waals surface area contributed by atoms with Crippen LogP contribution < -0.4 is 5.32 Å². The van der Waals surface area contributed by atoms with Crippen LogP contribution in [0.2, 0.25) is 0 Å². The first-order chi connectivity index (χ1) is 10.3. The maximum Gasteiger partial charge on any atom is 0.389 e. The molecule has 1 N–H and O–H groups in total. The number of rotatable bonds is 5. The molecule has 1 aliphatic heterocycles. The van der Waals surface area contributed by atoms with Gasteiger partial charge in [0, 0.05) is 38.1 Å². The number of hydrogen-bond donors (Lipinski definition) is 1. The first kappa shape index (κ1) is 17.3. The molecule has 1 aliphatic rings. The minimum Gasteiger partial charge on any atom is -0.309 e. The number of benzene rings is 1. The Labute approximate surface area is 130 Å². The van der Waals surface area contributed by atoms with E-state index in [-0.39, 0.29) is 18.0 Å². The maximum absolute atomic E-state index is 12.7. The van der Waals surface area contributed by atoms with Crippen LogP contribution in [-0.4, -0.2) is 36.2 Å². The molecule has 1 heterocycles. The molecule has 2 unspecified atom stereocenters. The Balaban J connectivity index is 1.94. The number of likely N-dealkylation sites (tertiary alicyclic amines) is 1. The summed E-state index contributed by atoms with van der Waals surface area (Å²) in [5.74, 6) is -0.315. The van der Waals surface area contributed by atoms with Crippen molar-refractivity contribution in [3.05, 3.63) is 35.9 Å². The number of hydrogen-bond acceptors (Lipinski definition) is 2. The van der Waals surface area contributed by atoms with Crippen LogP contribution in [0.15, 0.2) is 30.3 Å². The summed E-state index contributed by atoms with van der Waals surface area (Å²) in [7, 11) is 0. The molecule has 0 spiro atoms. The molecule has 0 radical (unpaired) electrons. The number of nitrogens with zero attached hydrogens (tertiary/aromatic N) is 1. The normalized spacial score (nSPS) is 23.9. The number of halogens is 3. The quantitative estimate of drug-likeness (QED) is 0.888. The van der Waals surface area contributed by atoms with E-state index in [4.69, 9.17) is 0 Å². The van der Waals surface area contributed by atoms with Crippen LogP contribution in [0, 0.1) is 5.92 Å². The van der Waals surface area contributed by atoms with E-state index in [2.05, 4.69) is 10.2 Å². The Kier molecular flexibility index (Phi) is 5.87. The van der Waals surface area contributed by atoms with E-state index >= 15 is 0 Å². The molecule has 5 heteroatoms. The summed E-state index contributed by atoms with van der Waals surface area (Å²) < 4.78 is 38.1. The van der Waals surface area contributed by atoms with Gasteiger partial charge < -0.3 is 5.32 Å². The molecular formula is C17H25F3N2. The smallest absolute Gasteiger partial charge is 0.309 e. The highest BCUT2D eigenvalue weighted by Gasteiger charge is 2.36. The highest BCUT2D eigenvalue weighted by atomic mass is 19.4. The predicted molar refractivity (Wildman–Crippen MR) is 82.6 cm³/mol. The van der Waals surface area contributed by atoms with E-state index < -0.39 is 12.6 Å². The van der Waals surface area contributed by atoms with Crippen molar-refractivity contribution in [2.24, 2.45) is 5.92 Å². The summed E-state index contributed by atoms with van der Waals surface area (Å²) in [6.07, 6.45) is -4.16. The Morgan fingerprint density at radius 3 is 2.45 bits per heavy atom. The summed E-state index contributed by atoms with van der Waals surface area (Å²) >= 11 is 0. The lowest BCUT2D eigenvalue weighted by Gasteiger charge is -2.40. The molecule has 1 aromatic carbocycles. The minimum absolute atomic E-state index is 0.115. The van der Waals surface area contributed by atoms with Crippen LogP contribution in [0.5, 0.6) is 0 Å². The lowest BCUT2D eigenvalue weighted by atomic mass is 9.90. The van der Waals surface area contributed by atoms with E-state index in [9.17, 15) is 13.2 Å². The van der Waals surface area contributed by atoms with Crippen LogP contribution in [0.3, 0.4) is 0 Å². The number of nitrogens with one attached hydrogen (secondary N) is 1. The van der Waals surface area contributed by atoms with Crippen LogP contribution in [0.4, 0.5) is 13.2 Å². The maximum atomic E-state index is 12.7. The molecule has 0 aromatic heterocycles. The fraction of sp³-hybridized carbons (Fsp3) is 0.647. The molecular weight excluding hydrogens is 289 g/mol. The number of alkyl halides is 3. The molecule has 0 amide bonds. The van der Waals surface area contributed by atoms with Gasteiger partial charge in [0.15, 0.2) is 0 Å². The second kappa shape index (κ2) is 7.47. The van der Waals surface area contributed by atoms with Gasteiger partial charge in [-0.05, 0) is 31.7 Å². The van der Waals surface area contributed by atoms with Gasteiger partial charge in [-0.25, -0.2) is 0 Å². The Bertz CT molecular complexity index is 445.